The fraction of sp³-hybridized carbons (Fsp3) is 0.218. The predicted molar refractivity (Wildman–Crippen MR) is 271 cm³/mol. The minimum atomic E-state index is -1.78. The van der Waals surface area contributed by atoms with Gasteiger partial charge in [0.1, 0.15) is 35.7 Å². The molecule has 0 heterocycles. The number of ether oxygens (including phenoxy) is 2. The summed E-state index contributed by atoms with van der Waals surface area (Å²) < 4.78 is 10.6. The van der Waals surface area contributed by atoms with Gasteiger partial charge in [-0.3, -0.25) is 19.2 Å². The Morgan fingerprint density at radius 3 is 1.09 bits per heavy atom. The van der Waals surface area contributed by atoms with Crippen LogP contribution in [0.3, 0.4) is 0 Å². The Hall–Kier alpha value is -5.75. The van der Waals surface area contributed by atoms with Crippen molar-refractivity contribution >= 4 is 59.6 Å². The van der Waals surface area contributed by atoms with Crippen molar-refractivity contribution in [3.8, 4) is 0 Å². The van der Waals surface area contributed by atoms with Gasteiger partial charge in [0.2, 0.25) is 0 Å². The van der Waals surface area contributed by atoms with E-state index in [1.807, 2.05) is 58.0 Å². The van der Waals surface area contributed by atoms with Crippen molar-refractivity contribution in [2.75, 3.05) is 53.9 Å². The van der Waals surface area contributed by atoms with Gasteiger partial charge in [0, 0.05) is 55.5 Å². The van der Waals surface area contributed by atoms with E-state index in [2.05, 4.69) is 91.0 Å². The van der Waals surface area contributed by atoms with Gasteiger partial charge in [0.05, 0.1) is 18.9 Å². The number of carboxylic acids is 1. The third kappa shape index (κ3) is 20.0. The van der Waals surface area contributed by atoms with Gasteiger partial charge >= 0.3 is 35.5 Å². The number of carboxylic acid groups (broad SMARTS) is 1. The first-order valence-corrected chi connectivity index (χ1v) is 23.7. The molecule has 1 N–H and O–H groups in total. The van der Waals surface area contributed by atoms with Crippen molar-refractivity contribution in [1.82, 2.24) is 9.80 Å². The molecule has 0 spiro atoms. The van der Waals surface area contributed by atoms with E-state index in [1.54, 1.807) is 54.5 Å². The Morgan fingerprint density at radius 1 is 0.522 bits per heavy atom. The largest absolute Gasteiger partial charge is 1.00 e. The molecule has 2 amide bonds. The molecule has 360 valence electrons. The van der Waals surface area contributed by atoms with E-state index >= 15 is 0 Å². The van der Waals surface area contributed by atoms with E-state index in [-0.39, 0.29) is 59.3 Å². The van der Waals surface area contributed by atoms with E-state index in [1.165, 1.54) is 40.2 Å². The van der Waals surface area contributed by atoms with Crippen molar-refractivity contribution in [1.29, 1.82) is 0 Å². The second-order valence-corrected chi connectivity index (χ2v) is 17.6. The molecule has 0 fully saturated rings. The van der Waals surface area contributed by atoms with E-state index in [9.17, 15) is 24.0 Å². The van der Waals surface area contributed by atoms with Gasteiger partial charge in [0.15, 0.2) is 6.35 Å². The van der Waals surface area contributed by atoms with Gasteiger partial charge in [-0.2, -0.15) is 7.11 Å². The maximum atomic E-state index is 12.0. The van der Waals surface area contributed by atoms with Crippen molar-refractivity contribution in [2.45, 2.75) is 27.7 Å². The minimum absolute atomic E-state index is 0. The molecular weight excluding hydrogens is 922 g/mol. The molecule has 0 saturated heterocycles. The predicted octanol–water partition coefficient (Wildman–Crippen LogP) is 2.53. The summed E-state index contributed by atoms with van der Waals surface area (Å²) in [6.07, 6.45) is 5.62. The zero-order chi connectivity index (χ0) is 49.5. The normalized spacial score (nSPS) is 9.86. The van der Waals surface area contributed by atoms with Crippen molar-refractivity contribution in [3.63, 3.8) is 0 Å². The molecule has 0 bridgehead atoms. The summed E-state index contributed by atoms with van der Waals surface area (Å²) in [5.41, 5.74) is 3.63. The number of aldehydes is 2. The van der Waals surface area contributed by atoms with Crippen LogP contribution in [0.15, 0.2) is 170 Å². The molecule has 0 radical (unpaired) electrons. The van der Waals surface area contributed by atoms with Crippen LogP contribution in [0.5, 0.6) is 0 Å². The number of hydrogen-bond donors (Lipinski definition) is 1. The molecule has 0 saturated carbocycles. The van der Waals surface area contributed by atoms with Crippen LogP contribution in [0.2, 0.25) is 0 Å². The number of aromatic carboxylic acids is 1. The minimum Gasteiger partial charge on any atom is -1.00 e. The number of carbonyl (C=O) groups excluding carboxylic acids is 4. The van der Waals surface area contributed by atoms with Crippen LogP contribution in [-0.4, -0.2) is 99.1 Å². The number of halogens is 1. The number of benzene rings is 6. The Morgan fingerprint density at radius 2 is 0.826 bits per heavy atom. The van der Waals surface area contributed by atoms with Gasteiger partial charge in [-0.15, -0.1) is 0 Å². The van der Waals surface area contributed by atoms with Crippen LogP contribution < -0.4 is 63.0 Å². The van der Waals surface area contributed by atoms with Crippen LogP contribution in [0.4, 0.5) is 0 Å². The summed E-state index contributed by atoms with van der Waals surface area (Å²) in [6.45, 7) is 10.7. The SMILES string of the molecule is CCN(CC)C(=O)c1ccc(C=COC)cc1.CCN(CC)C(=O)c1ccc(C=O)cc1.COC[P+](c1ccccc1)(c1ccccc1)c1ccccc1.C[O-].O=Cc1ccc(C(=O)O)cc1.[Cl-].[Na+]. The first kappa shape index (κ1) is 63.2. The average Bonchev–Trinajstić information content (AvgIpc) is 3.40. The number of amides is 2. The first-order valence-electron chi connectivity index (χ1n) is 21.7. The van der Waals surface area contributed by atoms with Gasteiger partial charge < -0.3 is 41.9 Å². The average molecular weight is 986 g/mol. The molecule has 0 aliphatic rings. The molecule has 6 rings (SSSR count). The maximum absolute atomic E-state index is 12.0. The Kier molecular flexibility index (Phi) is 33.2. The van der Waals surface area contributed by atoms with Crippen LogP contribution in [0.25, 0.3) is 6.08 Å². The summed E-state index contributed by atoms with van der Waals surface area (Å²) in [6, 6.07) is 52.2. The van der Waals surface area contributed by atoms with Crippen molar-refractivity contribution < 1.29 is 85.6 Å². The molecule has 0 unspecified atom stereocenters. The van der Waals surface area contributed by atoms with E-state index in [0.29, 0.717) is 42.4 Å². The van der Waals surface area contributed by atoms with Crippen LogP contribution >= 0.6 is 7.26 Å². The molecular formula is C55H63ClN2NaO9P. The number of nitrogens with zero attached hydrogens (tertiary/aromatic N) is 2. The number of hydrogen-bond acceptors (Lipinski definition) is 8. The van der Waals surface area contributed by atoms with Crippen LogP contribution in [-0.2, 0) is 9.47 Å². The smallest absolute Gasteiger partial charge is 1.00 e. The van der Waals surface area contributed by atoms with E-state index in [0.717, 1.165) is 37.6 Å². The second kappa shape index (κ2) is 36.3. The fourth-order valence-electron chi connectivity index (χ4n) is 6.59. The third-order valence-corrected chi connectivity index (χ3v) is 14.3. The summed E-state index contributed by atoms with van der Waals surface area (Å²) in [7, 11) is 2.38. The summed E-state index contributed by atoms with van der Waals surface area (Å²) in [5, 5.41) is 20.8. The molecule has 11 nitrogen and oxygen atoms in total. The molecule has 0 aliphatic heterocycles. The topological polar surface area (TPSA) is 154 Å². The molecule has 6 aromatic carbocycles. The molecule has 14 heteroatoms. The molecule has 0 aliphatic carbocycles. The Bertz CT molecular complexity index is 2270. The van der Waals surface area contributed by atoms with Gasteiger partial charge in [-0.05, 0) is 112 Å². The molecule has 0 atom stereocenters. The van der Waals surface area contributed by atoms with E-state index < -0.39 is 13.2 Å². The monoisotopic (exact) mass is 984 g/mol. The van der Waals surface area contributed by atoms with Crippen LogP contribution in [0.1, 0.15) is 85.0 Å². The fourth-order valence-corrected chi connectivity index (χ4v) is 10.4. The number of carbonyl (C=O) groups is 5. The van der Waals surface area contributed by atoms with Gasteiger partial charge in [-0.1, -0.05) is 91.0 Å². The quantitative estimate of drug-likeness (QED) is 0.0668. The Labute approximate surface area is 437 Å². The summed E-state index contributed by atoms with van der Waals surface area (Å²) in [4.78, 5) is 58.3. The molecule has 6 aromatic rings. The van der Waals surface area contributed by atoms with Crippen molar-refractivity contribution in [2.24, 2.45) is 0 Å². The molecule has 69 heavy (non-hydrogen) atoms. The second-order valence-electron chi connectivity index (χ2n) is 14.1. The maximum Gasteiger partial charge on any atom is 1.00 e. The van der Waals surface area contributed by atoms with Gasteiger partial charge in [0.25, 0.3) is 11.8 Å². The summed E-state index contributed by atoms with van der Waals surface area (Å²) in [5.74, 6) is -0.892. The van der Waals surface area contributed by atoms with E-state index in [4.69, 9.17) is 19.7 Å². The van der Waals surface area contributed by atoms with Crippen molar-refractivity contribution in [3.05, 3.63) is 203 Å². The number of methoxy groups -OCH3 is 2. The molecule has 0 aromatic heterocycles. The van der Waals surface area contributed by atoms with Gasteiger partial charge in [-0.25, -0.2) is 4.79 Å². The zero-order valence-corrected chi connectivity index (χ0v) is 44.5. The first-order chi connectivity index (χ1) is 32.6. The summed E-state index contributed by atoms with van der Waals surface area (Å²) >= 11 is 0. The zero-order valence-electron chi connectivity index (χ0n) is 40.9. The Balaban J connectivity index is 0.000000898. The van der Waals surface area contributed by atoms with Crippen LogP contribution in [0, 0.1) is 0 Å². The third-order valence-electron chi connectivity index (χ3n) is 10.2. The number of rotatable bonds is 16. The standard InChI is InChI=1S/C20H20OP.C14H19NO2.C12H15NO2.C8H6O3.CH3O.ClH.Na/c1-21-17-22(18-11-5-2-6-12-18,19-13-7-3-8-14-19)20-15-9-4-10-16-20;1-4-15(5-2)14(16)13-8-6-12(7-9-13)10-11-17-3;1-3-13(4-2)12(15)11-7-5-10(9-14)6-8-11;9-5-6-1-3-7(4-2-6)8(10)11;1-2;;/h2-16H,17H2,1H3;6-11H,4-5H2,1-3H3;5-9H,3-4H2,1-2H3;1-5H,(H,10,11);1H3;1H;/q+1;;;;-1;;+1/p-1.